The Hall–Kier alpha value is -0.240. The van der Waals surface area contributed by atoms with Gasteiger partial charge in [0.15, 0.2) is 12.1 Å². The summed E-state index contributed by atoms with van der Waals surface area (Å²) in [5, 5.41) is 28.4. The smallest absolute Gasteiger partial charge is 0.182 e. The molecule has 0 saturated heterocycles. The van der Waals surface area contributed by atoms with Gasteiger partial charge in [0, 0.05) is 20.6 Å². The van der Waals surface area contributed by atoms with E-state index in [2.05, 4.69) is 0 Å². The fourth-order valence-electron chi connectivity index (χ4n) is 1.17. The highest BCUT2D eigenvalue weighted by Gasteiger charge is 2.23. The van der Waals surface area contributed by atoms with Crippen LogP contribution >= 0.6 is 0 Å². The zero-order valence-corrected chi connectivity index (χ0v) is 10.2. The lowest BCUT2D eigenvalue weighted by molar-refractivity contribution is -0.201. The maximum absolute atomic E-state index is 9.58. The molecule has 0 saturated carbocycles. The van der Waals surface area contributed by atoms with Gasteiger partial charge in [-0.2, -0.15) is 0 Å². The molecule has 0 bridgehead atoms. The van der Waals surface area contributed by atoms with Crippen LogP contribution in [-0.4, -0.2) is 60.4 Å². The molecule has 0 fully saturated rings. The van der Waals surface area contributed by atoms with Crippen LogP contribution in [0, 0.1) is 0 Å². The largest absolute Gasteiger partial charge is 0.391 e. The SMILES string of the molecule is COC(OC)C(O)CC(O)COC(C)(C)O. The Balaban J connectivity index is 3.90. The standard InChI is InChI=1S/C10H22O6/c1-10(2,13)16-6-7(11)5-8(12)9(14-3)15-4/h7-9,11-13H,5-6H2,1-4H3. The highest BCUT2D eigenvalue weighted by atomic mass is 16.7. The minimum Gasteiger partial charge on any atom is -0.391 e. The van der Waals surface area contributed by atoms with Crippen LogP contribution < -0.4 is 0 Å². The van der Waals surface area contributed by atoms with Crippen molar-refractivity contribution < 1.29 is 29.5 Å². The number of ether oxygens (including phenoxy) is 3. The van der Waals surface area contributed by atoms with Crippen LogP contribution in [0.4, 0.5) is 0 Å². The van der Waals surface area contributed by atoms with Crippen molar-refractivity contribution >= 4 is 0 Å². The predicted octanol–water partition coefficient (Wildman–Crippen LogP) is -0.538. The van der Waals surface area contributed by atoms with Gasteiger partial charge in [-0.3, -0.25) is 0 Å². The van der Waals surface area contributed by atoms with E-state index < -0.39 is 24.3 Å². The van der Waals surface area contributed by atoms with Crippen LogP contribution in [0.25, 0.3) is 0 Å². The third-order valence-electron chi connectivity index (χ3n) is 1.92. The first-order chi connectivity index (χ1) is 7.30. The van der Waals surface area contributed by atoms with Crippen molar-refractivity contribution in [3.05, 3.63) is 0 Å². The number of methoxy groups -OCH3 is 2. The van der Waals surface area contributed by atoms with E-state index in [0.29, 0.717) is 0 Å². The molecule has 0 aliphatic rings. The number of hydrogen-bond acceptors (Lipinski definition) is 6. The number of aliphatic hydroxyl groups is 3. The fraction of sp³-hybridized carbons (Fsp3) is 1.00. The molecule has 0 aliphatic carbocycles. The third kappa shape index (κ3) is 7.10. The van der Waals surface area contributed by atoms with E-state index in [1.165, 1.54) is 28.1 Å². The lowest BCUT2D eigenvalue weighted by atomic mass is 10.1. The van der Waals surface area contributed by atoms with Crippen LogP contribution in [0.2, 0.25) is 0 Å². The minimum absolute atomic E-state index is 0.0441. The van der Waals surface area contributed by atoms with Crippen molar-refractivity contribution in [2.45, 2.75) is 44.6 Å². The van der Waals surface area contributed by atoms with Crippen molar-refractivity contribution in [1.82, 2.24) is 0 Å². The third-order valence-corrected chi connectivity index (χ3v) is 1.92. The molecule has 0 amide bonds. The molecule has 0 aromatic carbocycles. The summed E-state index contributed by atoms with van der Waals surface area (Å²) in [5.74, 6) is -1.30. The normalized spacial score (nSPS) is 16.5. The molecule has 16 heavy (non-hydrogen) atoms. The molecule has 0 heterocycles. The van der Waals surface area contributed by atoms with E-state index in [1.54, 1.807) is 0 Å². The zero-order chi connectivity index (χ0) is 12.8. The van der Waals surface area contributed by atoms with E-state index in [9.17, 15) is 15.3 Å². The van der Waals surface area contributed by atoms with Crippen LogP contribution in [-0.2, 0) is 14.2 Å². The van der Waals surface area contributed by atoms with Gasteiger partial charge in [0.2, 0.25) is 0 Å². The fourth-order valence-corrected chi connectivity index (χ4v) is 1.17. The van der Waals surface area contributed by atoms with Crippen molar-refractivity contribution in [2.24, 2.45) is 0 Å². The molecule has 2 unspecified atom stereocenters. The molecule has 0 radical (unpaired) electrons. The molecule has 2 atom stereocenters. The van der Waals surface area contributed by atoms with Gasteiger partial charge in [-0.25, -0.2) is 0 Å². The molecule has 3 N–H and O–H groups in total. The first kappa shape index (κ1) is 15.8. The average Bonchev–Trinajstić information content (AvgIpc) is 2.15. The van der Waals surface area contributed by atoms with Crippen LogP contribution in [0.5, 0.6) is 0 Å². The van der Waals surface area contributed by atoms with Gasteiger partial charge in [0.1, 0.15) is 6.10 Å². The molecule has 0 spiro atoms. The molecule has 0 aliphatic heterocycles. The summed E-state index contributed by atoms with van der Waals surface area (Å²) < 4.78 is 14.6. The Morgan fingerprint density at radius 1 is 1.12 bits per heavy atom. The molecule has 98 valence electrons. The van der Waals surface area contributed by atoms with Crippen molar-refractivity contribution in [3.8, 4) is 0 Å². The molecule has 6 nitrogen and oxygen atoms in total. The van der Waals surface area contributed by atoms with E-state index in [1.807, 2.05) is 0 Å². The van der Waals surface area contributed by atoms with Gasteiger partial charge in [0.25, 0.3) is 0 Å². The van der Waals surface area contributed by atoms with Gasteiger partial charge in [0.05, 0.1) is 12.7 Å². The highest BCUT2D eigenvalue weighted by Crippen LogP contribution is 2.10. The second kappa shape index (κ2) is 7.16. The maximum atomic E-state index is 9.58. The highest BCUT2D eigenvalue weighted by molar-refractivity contribution is 4.67. The first-order valence-corrected chi connectivity index (χ1v) is 5.08. The van der Waals surface area contributed by atoms with Gasteiger partial charge >= 0.3 is 0 Å². The quantitative estimate of drug-likeness (QED) is 0.492. The van der Waals surface area contributed by atoms with E-state index in [4.69, 9.17) is 14.2 Å². The number of hydrogen-bond donors (Lipinski definition) is 3. The molecule has 6 heteroatoms. The van der Waals surface area contributed by atoms with Gasteiger partial charge in [-0.15, -0.1) is 0 Å². The van der Waals surface area contributed by atoms with Crippen LogP contribution in [0.15, 0.2) is 0 Å². The summed E-state index contributed by atoms with van der Waals surface area (Å²) in [5.41, 5.74) is 0. The summed E-state index contributed by atoms with van der Waals surface area (Å²) in [6, 6.07) is 0. The predicted molar refractivity (Wildman–Crippen MR) is 56.7 cm³/mol. The molecule has 0 aromatic rings. The van der Waals surface area contributed by atoms with Crippen molar-refractivity contribution in [2.75, 3.05) is 20.8 Å². The monoisotopic (exact) mass is 238 g/mol. The molecular weight excluding hydrogens is 216 g/mol. The lowest BCUT2D eigenvalue weighted by Crippen LogP contribution is -2.36. The summed E-state index contributed by atoms with van der Waals surface area (Å²) in [6.07, 6.45) is -2.58. The van der Waals surface area contributed by atoms with Crippen LogP contribution in [0.1, 0.15) is 20.3 Å². The average molecular weight is 238 g/mol. The van der Waals surface area contributed by atoms with Gasteiger partial charge in [-0.05, 0) is 13.8 Å². The maximum Gasteiger partial charge on any atom is 0.182 e. The lowest BCUT2D eigenvalue weighted by Gasteiger charge is -2.24. The van der Waals surface area contributed by atoms with Crippen molar-refractivity contribution in [1.29, 1.82) is 0 Å². The topological polar surface area (TPSA) is 88.4 Å². The van der Waals surface area contributed by atoms with E-state index in [0.717, 1.165) is 0 Å². The Morgan fingerprint density at radius 2 is 1.62 bits per heavy atom. The summed E-state index contributed by atoms with van der Waals surface area (Å²) in [4.78, 5) is 0. The second-order valence-corrected chi connectivity index (χ2v) is 4.05. The molecule has 0 aromatic heterocycles. The Bertz CT molecular complexity index is 175. The Labute approximate surface area is 95.7 Å². The molecular formula is C10H22O6. The van der Waals surface area contributed by atoms with Gasteiger partial charge in [-0.1, -0.05) is 0 Å². The first-order valence-electron chi connectivity index (χ1n) is 5.08. The van der Waals surface area contributed by atoms with Crippen LogP contribution in [0.3, 0.4) is 0 Å². The van der Waals surface area contributed by atoms with Gasteiger partial charge < -0.3 is 29.5 Å². The zero-order valence-electron chi connectivity index (χ0n) is 10.2. The Kier molecular flexibility index (Phi) is 7.05. The Morgan fingerprint density at radius 3 is 2.00 bits per heavy atom. The minimum atomic E-state index is -1.30. The summed E-state index contributed by atoms with van der Waals surface area (Å²) in [6.45, 7) is 2.85. The molecule has 0 rings (SSSR count). The number of rotatable bonds is 8. The summed E-state index contributed by atoms with van der Waals surface area (Å²) in [7, 11) is 2.80. The summed E-state index contributed by atoms with van der Waals surface area (Å²) >= 11 is 0. The van der Waals surface area contributed by atoms with E-state index in [-0.39, 0.29) is 13.0 Å². The van der Waals surface area contributed by atoms with E-state index >= 15 is 0 Å². The second-order valence-electron chi connectivity index (χ2n) is 4.05. The number of aliphatic hydroxyl groups excluding tert-OH is 2. The van der Waals surface area contributed by atoms with Crippen molar-refractivity contribution in [3.63, 3.8) is 0 Å².